The Morgan fingerprint density at radius 2 is 2.06 bits per heavy atom. The summed E-state index contributed by atoms with van der Waals surface area (Å²) in [5.41, 5.74) is 1.95. The minimum atomic E-state index is 0.920. The molecule has 84 valence electrons. The number of thioether (sulfide) groups is 1. The minimum Gasteiger partial charge on any atom is -0.246 e. The fourth-order valence-electron chi connectivity index (χ4n) is 1.43. The van der Waals surface area contributed by atoms with Gasteiger partial charge in [0.2, 0.25) is 0 Å². The van der Waals surface area contributed by atoms with Crippen LogP contribution in [0.5, 0.6) is 0 Å². The zero-order chi connectivity index (χ0) is 11.5. The fourth-order valence-corrected chi connectivity index (χ4v) is 2.88. The van der Waals surface area contributed by atoms with Crippen LogP contribution >= 0.6 is 23.1 Å². The van der Waals surface area contributed by atoms with Crippen molar-refractivity contribution in [1.29, 1.82) is 0 Å². The highest BCUT2D eigenvalue weighted by Crippen LogP contribution is 2.28. The maximum Gasteiger partial charge on any atom is 0.119 e. The lowest BCUT2D eigenvalue weighted by Gasteiger charge is -1.99. The van der Waals surface area contributed by atoms with E-state index in [9.17, 15) is 0 Å². The van der Waals surface area contributed by atoms with Crippen molar-refractivity contribution in [2.45, 2.75) is 25.8 Å². The maximum atomic E-state index is 4.39. The molecule has 0 aliphatic carbocycles. The molecule has 0 unspecified atom stereocenters. The first-order valence-electron chi connectivity index (χ1n) is 5.11. The van der Waals surface area contributed by atoms with Gasteiger partial charge >= 0.3 is 0 Å². The van der Waals surface area contributed by atoms with Crippen molar-refractivity contribution in [3.8, 4) is 10.6 Å². The van der Waals surface area contributed by atoms with Crippen LogP contribution < -0.4 is 0 Å². The summed E-state index contributed by atoms with van der Waals surface area (Å²) in [6, 6.07) is 4.04. The summed E-state index contributed by atoms with van der Waals surface area (Å²) in [6.07, 6.45) is 0. The lowest BCUT2D eigenvalue weighted by Crippen LogP contribution is -1.89. The summed E-state index contributed by atoms with van der Waals surface area (Å²) < 4.78 is 0. The number of hydrogen-bond acceptors (Lipinski definition) is 5. The SMILES string of the molecule is CCSc1ccc(-c2sc(C)nc2C)nn1. The molecule has 0 aliphatic rings. The van der Waals surface area contributed by atoms with E-state index >= 15 is 0 Å². The minimum absolute atomic E-state index is 0.920. The Bertz CT molecular complexity index is 476. The Morgan fingerprint density at radius 1 is 1.25 bits per heavy atom. The molecule has 0 N–H and O–H groups in total. The van der Waals surface area contributed by atoms with Crippen LogP contribution in [0.1, 0.15) is 17.6 Å². The van der Waals surface area contributed by atoms with Crippen molar-refractivity contribution >= 4 is 23.1 Å². The van der Waals surface area contributed by atoms with Crippen molar-refractivity contribution in [2.24, 2.45) is 0 Å². The lowest BCUT2D eigenvalue weighted by atomic mass is 10.3. The van der Waals surface area contributed by atoms with Gasteiger partial charge in [0.25, 0.3) is 0 Å². The number of nitrogens with zero attached hydrogens (tertiary/aromatic N) is 3. The molecule has 16 heavy (non-hydrogen) atoms. The van der Waals surface area contributed by atoms with Crippen molar-refractivity contribution < 1.29 is 0 Å². The molecular weight excluding hydrogens is 238 g/mol. The molecule has 0 amide bonds. The molecule has 3 nitrogen and oxygen atoms in total. The molecule has 0 saturated heterocycles. The molecule has 0 bridgehead atoms. The molecule has 0 atom stereocenters. The van der Waals surface area contributed by atoms with Gasteiger partial charge in [0.15, 0.2) is 0 Å². The lowest BCUT2D eigenvalue weighted by molar-refractivity contribution is 0.936. The Balaban J connectivity index is 2.31. The first kappa shape index (κ1) is 11.5. The molecule has 0 aromatic carbocycles. The van der Waals surface area contributed by atoms with Gasteiger partial charge in [0.1, 0.15) is 10.7 Å². The summed E-state index contributed by atoms with van der Waals surface area (Å²) in [6.45, 7) is 6.13. The summed E-state index contributed by atoms with van der Waals surface area (Å²) in [7, 11) is 0. The second-order valence-corrected chi connectivity index (χ2v) is 5.82. The standard InChI is InChI=1S/C11H13N3S2/c1-4-15-10-6-5-9(13-14-10)11-7(2)12-8(3)16-11/h5-6H,4H2,1-3H3. The predicted molar refractivity (Wildman–Crippen MR) is 69.0 cm³/mol. The molecule has 0 fully saturated rings. The molecule has 0 radical (unpaired) electrons. The van der Waals surface area contributed by atoms with Crippen LogP contribution in [0.15, 0.2) is 17.2 Å². The zero-order valence-corrected chi connectivity index (χ0v) is 11.2. The van der Waals surface area contributed by atoms with E-state index in [2.05, 4.69) is 22.1 Å². The number of thiazole rings is 1. The fraction of sp³-hybridized carbons (Fsp3) is 0.364. The van der Waals surface area contributed by atoms with Crippen molar-refractivity contribution in [3.63, 3.8) is 0 Å². The molecule has 0 saturated carbocycles. The van der Waals surface area contributed by atoms with E-state index in [1.54, 1.807) is 23.1 Å². The normalized spacial score (nSPS) is 10.7. The van der Waals surface area contributed by atoms with Crippen LogP contribution in [-0.4, -0.2) is 20.9 Å². The van der Waals surface area contributed by atoms with Crippen molar-refractivity contribution in [1.82, 2.24) is 15.2 Å². The van der Waals surface area contributed by atoms with Crippen LogP contribution in [0, 0.1) is 13.8 Å². The maximum absolute atomic E-state index is 4.39. The number of rotatable bonds is 3. The van der Waals surface area contributed by atoms with E-state index in [0.29, 0.717) is 0 Å². The molecular formula is C11H13N3S2. The van der Waals surface area contributed by atoms with E-state index in [1.807, 2.05) is 26.0 Å². The van der Waals surface area contributed by atoms with E-state index < -0.39 is 0 Å². The molecule has 0 aliphatic heterocycles. The zero-order valence-electron chi connectivity index (χ0n) is 9.52. The molecule has 0 spiro atoms. The second kappa shape index (κ2) is 4.93. The molecule has 2 aromatic heterocycles. The average molecular weight is 251 g/mol. The van der Waals surface area contributed by atoms with Crippen molar-refractivity contribution in [2.75, 3.05) is 5.75 Å². The smallest absolute Gasteiger partial charge is 0.119 e. The summed E-state index contributed by atoms with van der Waals surface area (Å²) in [5, 5.41) is 10.5. The Hall–Kier alpha value is -0.940. The van der Waals surface area contributed by atoms with Gasteiger partial charge in [-0.1, -0.05) is 6.92 Å². The van der Waals surface area contributed by atoms with Crippen LogP contribution in [0.3, 0.4) is 0 Å². The molecule has 2 rings (SSSR count). The quantitative estimate of drug-likeness (QED) is 0.784. The van der Waals surface area contributed by atoms with Gasteiger partial charge in [-0.2, -0.15) is 0 Å². The Kier molecular flexibility index (Phi) is 3.56. The van der Waals surface area contributed by atoms with Gasteiger partial charge in [-0.15, -0.1) is 33.3 Å². The Morgan fingerprint density at radius 3 is 2.56 bits per heavy atom. The number of aryl methyl sites for hydroxylation is 2. The highest BCUT2D eigenvalue weighted by Gasteiger charge is 2.09. The van der Waals surface area contributed by atoms with Gasteiger partial charge in [-0.25, -0.2) is 4.98 Å². The van der Waals surface area contributed by atoms with Gasteiger partial charge in [-0.05, 0) is 31.7 Å². The third-order valence-electron chi connectivity index (χ3n) is 2.07. The van der Waals surface area contributed by atoms with E-state index in [4.69, 9.17) is 0 Å². The van der Waals surface area contributed by atoms with Gasteiger partial charge in [0, 0.05) is 0 Å². The van der Waals surface area contributed by atoms with Gasteiger partial charge in [0.05, 0.1) is 15.6 Å². The van der Waals surface area contributed by atoms with E-state index in [1.165, 1.54) is 0 Å². The highest BCUT2D eigenvalue weighted by molar-refractivity contribution is 7.99. The summed E-state index contributed by atoms with van der Waals surface area (Å²) in [4.78, 5) is 5.51. The first-order valence-corrected chi connectivity index (χ1v) is 6.92. The van der Waals surface area contributed by atoms with Crippen molar-refractivity contribution in [3.05, 3.63) is 22.8 Å². The monoisotopic (exact) mass is 251 g/mol. The average Bonchev–Trinajstić information content (AvgIpc) is 2.59. The van der Waals surface area contributed by atoms with Gasteiger partial charge in [-0.3, -0.25) is 0 Å². The summed E-state index contributed by atoms with van der Waals surface area (Å²) in [5.74, 6) is 1.02. The van der Waals surface area contributed by atoms with Crippen LogP contribution in [0.2, 0.25) is 0 Å². The Labute approximate surface area is 103 Å². The number of aromatic nitrogens is 3. The topological polar surface area (TPSA) is 38.7 Å². The molecule has 5 heteroatoms. The van der Waals surface area contributed by atoms with Crippen LogP contribution in [0.25, 0.3) is 10.6 Å². The first-order chi connectivity index (χ1) is 7.70. The third kappa shape index (κ3) is 2.41. The van der Waals surface area contributed by atoms with Gasteiger partial charge < -0.3 is 0 Å². The molecule has 2 heterocycles. The largest absolute Gasteiger partial charge is 0.246 e. The van der Waals surface area contributed by atoms with Crippen LogP contribution in [-0.2, 0) is 0 Å². The van der Waals surface area contributed by atoms with E-state index in [-0.39, 0.29) is 0 Å². The summed E-state index contributed by atoms with van der Waals surface area (Å²) >= 11 is 3.37. The molecule has 2 aromatic rings. The highest BCUT2D eigenvalue weighted by atomic mass is 32.2. The predicted octanol–water partition coefficient (Wildman–Crippen LogP) is 3.33. The number of hydrogen-bond donors (Lipinski definition) is 0. The van der Waals surface area contributed by atoms with E-state index in [0.717, 1.165) is 32.1 Å². The third-order valence-corrected chi connectivity index (χ3v) is 3.97. The second-order valence-electron chi connectivity index (χ2n) is 3.34. The van der Waals surface area contributed by atoms with Crippen LogP contribution in [0.4, 0.5) is 0 Å².